The summed E-state index contributed by atoms with van der Waals surface area (Å²) in [5, 5.41) is 10.0. The smallest absolute Gasteiger partial charge is 0.263 e. The molecule has 2 heterocycles. The van der Waals surface area contributed by atoms with Crippen LogP contribution >= 0.6 is 23.1 Å². The number of fused-ring (bicyclic) bond motifs is 3. The molecule has 0 spiro atoms. The maximum Gasteiger partial charge on any atom is 0.263 e. The van der Waals surface area contributed by atoms with E-state index in [4.69, 9.17) is 10.2 Å². The molecule has 0 fully saturated rings. The Morgan fingerprint density at radius 2 is 2.30 bits per heavy atom. The van der Waals surface area contributed by atoms with Gasteiger partial charge in [0.15, 0.2) is 5.16 Å². The SMILES string of the molecule is CCn1c(SCC(=O)N(C)CCC#N)nc2sc3c(c2c1=O)CC[C@H](C)C3. The summed E-state index contributed by atoms with van der Waals surface area (Å²) in [6, 6.07) is 2.04. The van der Waals surface area contributed by atoms with Gasteiger partial charge < -0.3 is 4.90 Å². The molecule has 0 radical (unpaired) electrons. The molecule has 0 aromatic carbocycles. The molecule has 0 saturated carbocycles. The summed E-state index contributed by atoms with van der Waals surface area (Å²) in [4.78, 5) is 33.7. The molecular weight excluding hydrogens is 380 g/mol. The zero-order valence-corrected chi connectivity index (χ0v) is 17.6. The third-order valence-corrected chi connectivity index (χ3v) is 7.12. The van der Waals surface area contributed by atoms with Gasteiger partial charge in [0.1, 0.15) is 4.83 Å². The van der Waals surface area contributed by atoms with Gasteiger partial charge in [0.25, 0.3) is 5.56 Å². The zero-order valence-electron chi connectivity index (χ0n) is 15.9. The second-order valence-corrected chi connectivity index (χ2v) is 9.01. The van der Waals surface area contributed by atoms with E-state index in [1.807, 2.05) is 13.0 Å². The minimum atomic E-state index is -0.0634. The van der Waals surface area contributed by atoms with Crippen LogP contribution in [0.1, 0.15) is 37.1 Å². The molecule has 2 aromatic heterocycles. The van der Waals surface area contributed by atoms with Gasteiger partial charge in [-0.15, -0.1) is 11.3 Å². The summed E-state index contributed by atoms with van der Waals surface area (Å²) < 4.78 is 1.68. The van der Waals surface area contributed by atoms with E-state index in [0.717, 1.165) is 29.5 Å². The van der Waals surface area contributed by atoms with Crippen LogP contribution in [0.4, 0.5) is 0 Å². The summed E-state index contributed by atoms with van der Waals surface area (Å²) in [5.41, 5.74) is 1.21. The van der Waals surface area contributed by atoms with E-state index in [9.17, 15) is 9.59 Å². The van der Waals surface area contributed by atoms with Crippen molar-refractivity contribution in [3.05, 3.63) is 20.8 Å². The quantitative estimate of drug-likeness (QED) is 0.546. The van der Waals surface area contributed by atoms with Crippen LogP contribution in [0.25, 0.3) is 10.2 Å². The summed E-state index contributed by atoms with van der Waals surface area (Å²) >= 11 is 2.93. The predicted octanol–water partition coefficient (Wildman–Crippen LogP) is 3.07. The zero-order chi connectivity index (χ0) is 19.6. The Labute approximate surface area is 167 Å². The average Bonchev–Trinajstić information content (AvgIpc) is 3.01. The van der Waals surface area contributed by atoms with Crippen LogP contribution in [0, 0.1) is 17.2 Å². The number of hydrogen-bond donors (Lipinski definition) is 0. The van der Waals surface area contributed by atoms with Gasteiger partial charge in [-0.3, -0.25) is 14.2 Å². The highest BCUT2D eigenvalue weighted by Crippen LogP contribution is 2.36. The Bertz CT molecular complexity index is 957. The number of carbonyl (C=O) groups is 1. The minimum absolute atomic E-state index is 0.0161. The normalized spacial score (nSPS) is 16.1. The summed E-state index contributed by atoms with van der Waals surface area (Å²) in [7, 11) is 1.69. The highest BCUT2D eigenvalue weighted by molar-refractivity contribution is 7.99. The van der Waals surface area contributed by atoms with Crippen LogP contribution in [-0.2, 0) is 24.2 Å². The van der Waals surface area contributed by atoms with Crippen molar-refractivity contribution >= 4 is 39.2 Å². The van der Waals surface area contributed by atoms with Crippen molar-refractivity contribution in [1.82, 2.24) is 14.5 Å². The maximum absolute atomic E-state index is 13.1. The van der Waals surface area contributed by atoms with Crippen molar-refractivity contribution in [2.24, 2.45) is 5.92 Å². The minimum Gasteiger partial charge on any atom is -0.344 e. The van der Waals surface area contributed by atoms with Crippen LogP contribution in [0.15, 0.2) is 9.95 Å². The Hall–Kier alpha value is -1.85. The van der Waals surface area contributed by atoms with Crippen LogP contribution in [-0.4, -0.2) is 39.7 Å². The molecule has 8 heteroatoms. The molecule has 0 saturated heterocycles. The molecule has 0 bridgehead atoms. The maximum atomic E-state index is 13.1. The standard InChI is InChI=1S/C19H24N4O2S2/c1-4-23-18(25)16-13-7-6-12(2)10-14(13)27-17(16)21-19(23)26-11-15(24)22(3)9-5-8-20/h12H,4-7,9-11H2,1-3H3/t12-/m0/s1. The van der Waals surface area contributed by atoms with E-state index < -0.39 is 0 Å². The van der Waals surface area contributed by atoms with Crippen LogP contribution in [0.2, 0.25) is 0 Å². The number of nitrogens with zero attached hydrogens (tertiary/aromatic N) is 4. The van der Waals surface area contributed by atoms with Crippen molar-refractivity contribution in [2.75, 3.05) is 19.3 Å². The molecule has 0 N–H and O–H groups in total. The van der Waals surface area contributed by atoms with Gasteiger partial charge in [0, 0.05) is 25.0 Å². The molecule has 27 heavy (non-hydrogen) atoms. The molecular formula is C19H24N4O2S2. The second kappa shape index (κ2) is 8.44. The van der Waals surface area contributed by atoms with Crippen molar-refractivity contribution in [2.45, 2.75) is 51.2 Å². The van der Waals surface area contributed by atoms with Gasteiger partial charge in [-0.2, -0.15) is 5.26 Å². The number of amides is 1. The monoisotopic (exact) mass is 404 g/mol. The Balaban J connectivity index is 1.89. The molecule has 0 unspecified atom stereocenters. The van der Waals surface area contributed by atoms with E-state index >= 15 is 0 Å². The van der Waals surface area contributed by atoms with Gasteiger partial charge in [0.2, 0.25) is 5.91 Å². The summed E-state index contributed by atoms with van der Waals surface area (Å²) in [6.07, 6.45) is 3.40. The van der Waals surface area contributed by atoms with Gasteiger partial charge in [-0.25, -0.2) is 4.98 Å². The fourth-order valence-corrected chi connectivity index (χ4v) is 5.80. The number of rotatable bonds is 6. The molecule has 1 aliphatic carbocycles. The molecule has 1 atom stereocenters. The highest BCUT2D eigenvalue weighted by atomic mass is 32.2. The molecule has 6 nitrogen and oxygen atoms in total. The Morgan fingerprint density at radius 1 is 1.52 bits per heavy atom. The van der Waals surface area contributed by atoms with Crippen molar-refractivity contribution < 1.29 is 4.79 Å². The van der Waals surface area contributed by atoms with Crippen LogP contribution in [0.5, 0.6) is 0 Å². The van der Waals surface area contributed by atoms with Crippen molar-refractivity contribution in [1.29, 1.82) is 5.26 Å². The number of carbonyl (C=O) groups excluding carboxylic acids is 1. The number of thioether (sulfide) groups is 1. The molecule has 0 aliphatic heterocycles. The lowest BCUT2D eigenvalue weighted by atomic mass is 9.89. The topological polar surface area (TPSA) is 79.0 Å². The number of aromatic nitrogens is 2. The first-order valence-electron chi connectivity index (χ1n) is 9.25. The largest absolute Gasteiger partial charge is 0.344 e. The van der Waals surface area contributed by atoms with E-state index in [-0.39, 0.29) is 17.2 Å². The lowest BCUT2D eigenvalue weighted by Gasteiger charge is -2.18. The van der Waals surface area contributed by atoms with Crippen LogP contribution < -0.4 is 5.56 Å². The van der Waals surface area contributed by atoms with Gasteiger partial charge >= 0.3 is 0 Å². The second-order valence-electron chi connectivity index (χ2n) is 6.99. The van der Waals surface area contributed by atoms with Gasteiger partial charge in [-0.1, -0.05) is 18.7 Å². The van der Waals surface area contributed by atoms with E-state index in [1.165, 1.54) is 22.2 Å². The lowest BCUT2D eigenvalue weighted by Crippen LogP contribution is -2.30. The predicted molar refractivity (Wildman–Crippen MR) is 109 cm³/mol. The molecule has 2 aromatic rings. The third kappa shape index (κ3) is 4.04. The lowest BCUT2D eigenvalue weighted by molar-refractivity contribution is -0.127. The fraction of sp³-hybridized carbons (Fsp3) is 0.579. The first-order valence-corrected chi connectivity index (χ1v) is 11.0. The Kier molecular flexibility index (Phi) is 6.22. The summed E-state index contributed by atoms with van der Waals surface area (Å²) in [5.74, 6) is 0.795. The molecule has 3 rings (SSSR count). The molecule has 144 valence electrons. The van der Waals surface area contributed by atoms with Crippen molar-refractivity contribution in [3.63, 3.8) is 0 Å². The number of thiophene rings is 1. The highest BCUT2D eigenvalue weighted by Gasteiger charge is 2.24. The van der Waals surface area contributed by atoms with E-state index in [2.05, 4.69) is 6.92 Å². The Morgan fingerprint density at radius 3 is 3.00 bits per heavy atom. The van der Waals surface area contributed by atoms with Gasteiger partial charge in [0.05, 0.1) is 23.6 Å². The molecule has 1 amide bonds. The number of nitriles is 1. The molecule has 1 aliphatic rings. The number of hydrogen-bond acceptors (Lipinski definition) is 6. The van der Waals surface area contributed by atoms with E-state index in [0.29, 0.717) is 30.6 Å². The third-order valence-electron chi connectivity index (χ3n) is 5.01. The van der Waals surface area contributed by atoms with Crippen molar-refractivity contribution in [3.8, 4) is 6.07 Å². The number of aryl methyl sites for hydroxylation is 1. The first kappa shape index (κ1) is 19.9. The average molecular weight is 405 g/mol. The van der Waals surface area contributed by atoms with Gasteiger partial charge in [-0.05, 0) is 37.7 Å². The van der Waals surface area contributed by atoms with E-state index in [1.54, 1.807) is 27.9 Å². The fourth-order valence-electron chi connectivity index (χ4n) is 3.37. The summed E-state index contributed by atoms with van der Waals surface area (Å²) in [6.45, 7) is 5.13. The van der Waals surface area contributed by atoms with Crippen LogP contribution in [0.3, 0.4) is 0 Å². The first-order chi connectivity index (χ1) is 13.0.